The highest BCUT2D eigenvalue weighted by Crippen LogP contribution is 2.29. The van der Waals surface area contributed by atoms with Crippen LogP contribution in [0.15, 0.2) is 18.3 Å². The lowest BCUT2D eigenvalue weighted by molar-refractivity contribution is 0.316. The van der Waals surface area contributed by atoms with Crippen LogP contribution in [0.2, 0.25) is 0 Å². The highest BCUT2D eigenvalue weighted by atomic mass is 32.2. The van der Waals surface area contributed by atoms with E-state index in [0.29, 0.717) is 13.1 Å². The molecule has 0 unspecified atom stereocenters. The van der Waals surface area contributed by atoms with Crippen molar-refractivity contribution in [2.45, 2.75) is 25.7 Å². The third-order valence-electron chi connectivity index (χ3n) is 3.84. The predicted octanol–water partition coefficient (Wildman–Crippen LogP) is 1.68. The Morgan fingerprint density at radius 3 is 2.85 bits per heavy atom. The molecule has 2 rings (SSSR count). The topological polar surface area (TPSA) is 53.5 Å². The van der Waals surface area contributed by atoms with E-state index in [9.17, 15) is 8.42 Å². The molecule has 1 aliphatic rings. The molecule has 1 aromatic rings. The zero-order chi connectivity index (χ0) is 14.8. The molecule has 6 heteroatoms. The van der Waals surface area contributed by atoms with E-state index in [-0.39, 0.29) is 11.7 Å². The van der Waals surface area contributed by atoms with Gasteiger partial charge in [-0.25, -0.2) is 17.7 Å². The largest absolute Gasteiger partial charge is 0.363 e. The van der Waals surface area contributed by atoms with Gasteiger partial charge in [-0.3, -0.25) is 0 Å². The second-order valence-corrected chi connectivity index (χ2v) is 7.70. The minimum atomic E-state index is -3.08. The summed E-state index contributed by atoms with van der Waals surface area (Å²) in [4.78, 5) is 6.28. The summed E-state index contributed by atoms with van der Waals surface area (Å²) in [6.07, 6.45) is 3.76. The molecule has 0 radical (unpaired) electrons. The van der Waals surface area contributed by atoms with Crippen molar-refractivity contribution in [3.8, 4) is 0 Å². The van der Waals surface area contributed by atoms with Gasteiger partial charge in [-0.05, 0) is 43.4 Å². The lowest BCUT2D eigenvalue weighted by atomic mass is 9.92. The van der Waals surface area contributed by atoms with E-state index >= 15 is 0 Å². The van der Waals surface area contributed by atoms with Crippen LogP contribution in [0.5, 0.6) is 0 Å². The number of sulfonamides is 1. The molecule has 0 aliphatic carbocycles. The summed E-state index contributed by atoms with van der Waals surface area (Å²) in [7, 11) is 0.837. The number of pyridine rings is 1. The van der Waals surface area contributed by atoms with E-state index in [1.54, 1.807) is 17.4 Å². The third kappa shape index (κ3) is 3.30. The lowest BCUT2D eigenvalue weighted by Crippen LogP contribution is -2.39. The van der Waals surface area contributed by atoms with Crippen LogP contribution < -0.4 is 4.90 Å². The molecule has 20 heavy (non-hydrogen) atoms. The van der Waals surface area contributed by atoms with Gasteiger partial charge in [0.05, 0.1) is 5.75 Å². The first kappa shape index (κ1) is 15.3. The summed E-state index contributed by atoms with van der Waals surface area (Å²) in [5, 5.41) is 0. The van der Waals surface area contributed by atoms with E-state index in [2.05, 4.69) is 11.1 Å². The summed E-state index contributed by atoms with van der Waals surface area (Å²) in [5.74, 6) is 1.36. The van der Waals surface area contributed by atoms with Gasteiger partial charge in [-0.2, -0.15) is 0 Å². The Kier molecular flexibility index (Phi) is 4.65. The summed E-state index contributed by atoms with van der Waals surface area (Å²) < 4.78 is 25.7. The molecule has 0 amide bonds. The number of piperidine rings is 1. The summed E-state index contributed by atoms with van der Waals surface area (Å²) >= 11 is 0. The lowest BCUT2D eigenvalue weighted by Gasteiger charge is -2.32. The predicted molar refractivity (Wildman–Crippen MR) is 81.6 cm³/mol. The van der Waals surface area contributed by atoms with Crippen LogP contribution in [0.3, 0.4) is 0 Å². The van der Waals surface area contributed by atoms with Crippen LogP contribution in [0, 0.1) is 0 Å². The van der Waals surface area contributed by atoms with E-state index < -0.39 is 10.0 Å². The van der Waals surface area contributed by atoms with Crippen molar-refractivity contribution in [2.75, 3.05) is 37.8 Å². The summed E-state index contributed by atoms with van der Waals surface area (Å²) in [6.45, 7) is 2.95. The quantitative estimate of drug-likeness (QED) is 0.848. The van der Waals surface area contributed by atoms with E-state index in [4.69, 9.17) is 0 Å². The minimum absolute atomic E-state index is 0.180. The number of anilines is 1. The van der Waals surface area contributed by atoms with Crippen molar-refractivity contribution in [3.05, 3.63) is 23.9 Å². The van der Waals surface area contributed by atoms with Gasteiger partial charge in [0.1, 0.15) is 5.82 Å². The Morgan fingerprint density at radius 2 is 2.20 bits per heavy atom. The number of nitrogens with zero attached hydrogens (tertiary/aromatic N) is 3. The van der Waals surface area contributed by atoms with Crippen LogP contribution in [0.25, 0.3) is 0 Å². The molecular formula is C14H23N3O2S. The van der Waals surface area contributed by atoms with Gasteiger partial charge in [0.2, 0.25) is 10.0 Å². The van der Waals surface area contributed by atoms with Crippen molar-refractivity contribution in [3.63, 3.8) is 0 Å². The molecule has 0 saturated carbocycles. The normalized spacial score (nSPS) is 20.9. The standard InChI is InChI=1S/C14H23N3O2S/c1-4-20(18,19)17-9-5-6-13(11-17)12-7-8-15-14(10-12)16(2)3/h7-8,10,13H,4-6,9,11H2,1-3H3/t13-/m1/s1. The molecule has 1 aromatic heterocycles. The Balaban J connectivity index is 2.19. The molecule has 5 nitrogen and oxygen atoms in total. The van der Waals surface area contributed by atoms with Crippen molar-refractivity contribution >= 4 is 15.8 Å². The van der Waals surface area contributed by atoms with Gasteiger partial charge in [0.15, 0.2) is 0 Å². The van der Waals surface area contributed by atoms with Crippen molar-refractivity contribution in [2.24, 2.45) is 0 Å². The van der Waals surface area contributed by atoms with Gasteiger partial charge in [0, 0.05) is 33.4 Å². The molecule has 2 heterocycles. The number of hydrogen-bond acceptors (Lipinski definition) is 4. The van der Waals surface area contributed by atoms with Crippen LogP contribution >= 0.6 is 0 Å². The highest BCUT2D eigenvalue weighted by molar-refractivity contribution is 7.89. The molecule has 1 fully saturated rings. The van der Waals surface area contributed by atoms with E-state index in [1.807, 2.05) is 25.1 Å². The first-order valence-corrected chi connectivity index (χ1v) is 8.66. The second kappa shape index (κ2) is 6.10. The summed E-state index contributed by atoms with van der Waals surface area (Å²) in [6, 6.07) is 4.06. The maximum atomic E-state index is 12.0. The highest BCUT2D eigenvalue weighted by Gasteiger charge is 2.28. The first-order chi connectivity index (χ1) is 9.44. The fourth-order valence-electron chi connectivity index (χ4n) is 2.58. The van der Waals surface area contributed by atoms with Gasteiger partial charge >= 0.3 is 0 Å². The molecule has 1 aliphatic heterocycles. The molecular weight excluding hydrogens is 274 g/mol. The van der Waals surface area contributed by atoms with Gasteiger partial charge < -0.3 is 4.90 Å². The number of hydrogen-bond donors (Lipinski definition) is 0. The molecule has 112 valence electrons. The van der Waals surface area contributed by atoms with Crippen LogP contribution in [-0.2, 0) is 10.0 Å². The average Bonchev–Trinajstić information content (AvgIpc) is 2.47. The fourth-order valence-corrected chi connectivity index (χ4v) is 3.76. The smallest absolute Gasteiger partial charge is 0.213 e. The maximum Gasteiger partial charge on any atom is 0.213 e. The minimum Gasteiger partial charge on any atom is -0.363 e. The van der Waals surface area contributed by atoms with Crippen molar-refractivity contribution in [1.82, 2.24) is 9.29 Å². The molecule has 0 N–H and O–H groups in total. The Bertz CT molecular complexity index is 557. The zero-order valence-electron chi connectivity index (χ0n) is 12.4. The molecule has 1 atom stereocenters. The van der Waals surface area contributed by atoms with Gasteiger partial charge in [0.25, 0.3) is 0 Å². The third-order valence-corrected chi connectivity index (χ3v) is 5.69. The molecule has 0 aromatic carbocycles. The number of rotatable bonds is 4. The van der Waals surface area contributed by atoms with Crippen LogP contribution in [0.4, 0.5) is 5.82 Å². The molecule has 0 bridgehead atoms. The SMILES string of the molecule is CCS(=O)(=O)N1CCC[C@@H](c2ccnc(N(C)C)c2)C1. The first-order valence-electron chi connectivity index (χ1n) is 7.05. The summed E-state index contributed by atoms with van der Waals surface area (Å²) in [5.41, 5.74) is 1.18. The second-order valence-electron chi connectivity index (χ2n) is 5.44. The number of aromatic nitrogens is 1. The van der Waals surface area contributed by atoms with Gasteiger partial charge in [-0.1, -0.05) is 0 Å². The van der Waals surface area contributed by atoms with Crippen molar-refractivity contribution < 1.29 is 8.42 Å². The van der Waals surface area contributed by atoms with E-state index in [1.165, 1.54) is 5.56 Å². The fraction of sp³-hybridized carbons (Fsp3) is 0.643. The Labute approximate surface area is 121 Å². The Hall–Kier alpha value is -1.14. The van der Waals surface area contributed by atoms with Crippen LogP contribution in [-0.4, -0.2) is 50.6 Å². The average molecular weight is 297 g/mol. The van der Waals surface area contributed by atoms with Crippen LogP contribution in [0.1, 0.15) is 31.2 Å². The maximum absolute atomic E-state index is 12.0. The monoisotopic (exact) mass is 297 g/mol. The Morgan fingerprint density at radius 1 is 1.45 bits per heavy atom. The molecule has 1 saturated heterocycles. The van der Waals surface area contributed by atoms with Crippen molar-refractivity contribution in [1.29, 1.82) is 0 Å². The molecule has 0 spiro atoms. The van der Waals surface area contributed by atoms with E-state index in [0.717, 1.165) is 18.7 Å². The zero-order valence-corrected chi connectivity index (χ0v) is 13.2. The van der Waals surface area contributed by atoms with Gasteiger partial charge in [-0.15, -0.1) is 0 Å².